The third-order valence-corrected chi connectivity index (χ3v) is 11.8. The van der Waals surface area contributed by atoms with Crippen LogP contribution in [0, 0.1) is 0 Å². The Morgan fingerprint density at radius 2 is 0.936 bits per heavy atom. The number of halogens is 1. The molecule has 0 bridgehead atoms. The lowest BCUT2D eigenvalue weighted by molar-refractivity contribution is 0.119. The first-order valence-corrected chi connectivity index (χ1v) is 17.1. The summed E-state index contributed by atoms with van der Waals surface area (Å²) in [5, 5.41) is 16.8. The highest BCUT2D eigenvalue weighted by atomic mass is 35.5. The van der Waals surface area contributed by atoms with Gasteiger partial charge in [-0.05, 0) is 79.9 Å². The number of aliphatic hydroxyl groups is 1. The standard InChI is InChI=1S/C44H27ClOS/c45-27-24-25-35(32(26-27)30-15-11-23-41-42(30)31-14-3-10-22-40(31)47-41)44(46)38-20-8-6-18-36(38)43(37-19-7-9-21-39(37)44)33-16-4-1-12-28(33)29-13-2-5-17-34(29)43/h1-26,46H. The molecule has 2 aliphatic carbocycles. The Bertz CT molecular complexity index is 2480. The van der Waals surface area contributed by atoms with Crippen LogP contribution in [0.15, 0.2) is 158 Å². The van der Waals surface area contributed by atoms with Gasteiger partial charge in [-0.15, -0.1) is 11.3 Å². The molecule has 2 aliphatic rings. The number of rotatable bonds is 2. The number of fused-ring (bicyclic) bond motifs is 12. The average molecular weight is 639 g/mol. The Hall–Kier alpha value is -4.99. The maximum atomic E-state index is 13.7. The van der Waals surface area contributed by atoms with Gasteiger partial charge in [0, 0.05) is 30.8 Å². The van der Waals surface area contributed by atoms with E-state index in [0.29, 0.717) is 5.02 Å². The molecular weight excluding hydrogens is 612 g/mol. The fourth-order valence-corrected chi connectivity index (χ4v) is 10.0. The molecule has 0 radical (unpaired) electrons. The molecule has 0 saturated heterocycles. The first-order valence-electron chi connectivity index (χ1n) is 15.9. The van der Waals surface area contributed by atoms with Gasteiger partial charge in [-0.1, -0.05) is 145 Å². The van der Waals surface area contributed by atoms with Crippen LogP contribution >= 0.6 is 22.9 Å². The van der Waals surface area contributed by atoms with Crippen molar-refractivity contribution in [3.63, 3.8) is 0 Å². The van der Waals surface area contributed by atoms with E-state index in [4.69, 9.17) is 11.6 Å². The summed E-state index contributed by atoms with van der Waals surface area (Å²) >= 11 is 8.62. The zero-order valence-electron chi connectivity index (χ0n) is 25.2. The lowest BCUT2D eigenvalue weighted by atomic mass is 9.56. The van der Waals surface area contributed by atoms with E-state index in [2.05, 4.69) is 140 Å². The summed E-state index contributed by atoms with van der Waals surface area (Å²) in [6.07, 6.45) is 0. The molecule has 1 spiro atoms. The van der Waals surface area contributed by atoms with Crippen LogP contribution in [0.5, 0.6) is 0 Å². The summed E-state index contributed by atoms with van der Waals surface area (Å²) in [5.41, 5.74) is 9.70. The highest BCUT2D eigenvalue weighted by Gasteiger charge is 2.56. The third-order valence-electron chi connectivity index (χ3n) is 10.5. The minimum absolute atomic E-state index is 0.581. The van der Waals surface area contributed by atoms with Gasteiger partial charge in [0.05, 0.1) is 5.41 Å². The highest BCUT2D eigenvalue weighted by Crippen LogP contribution is 2.63. The van der Waals surface area contributed by atoms with Crippen LogP contribution < -0.4 is 0 Å². The van der Waals surface area contributed by atoms with Gasteiger partial charge in [0.1, 0.15) is 5.60 Å². The van der Waals surface area contributed by atoms with Gasteiger partial charge in [-0.2, -0.15) is 0 Å². The molecule has 0 atom stereocenters. The number of benzene rings is 7. The van der Waals surface area contributed by atoms with Crippen LogP contribution in [0.25, 0.3) is 42.4 Å². The smallest absolute Gasteiger partial charge is 0.141 e. The van der Waals surface area contributed by atoms with Crippen LogP contribution in [0.4, 0.5) is 0 Å². The van der Waals surface area contributed by atoms with Crippen molar-refractivity contribution in [2.45, 2.75) is 11.0 Å². The molecule has 0 amide bonds. The van der Waals surface area contributed by atoms with Crippen molar-refractivity contribution in [3.8, 4) is 22.3 Å². The van der Waals surface area contributed by atoms with Crippen LogP contribution in [0.2, 0.25) is 5.02 Å². The molecule has 1 heterocycles. The maximum Gasteiger partial charge on any atom is 0.141 e. The predicted octanol–water partition coefficient (Wildman–Crippen LogP) is 11.3. The predicted molar refractivity (Wildman–Crippen MR) is 196 cm³/mol. The van der Waals surface area contributed by atoms with Crippen molar-refractivity contribution < 1.29 is 5.11 Å². The van der Waals surface area contributed by atoms with Gasteiger partial charge in [0.2, 0.25) is 0 Å². The van der Waals surface area contributed by atoms with Crippen LogP contribution in [0.1, 0.15) is 38.9 Å². The largest absolute Gasteiger partial charge is 0.376 e. The molecule has 1 aromatic heterocycles. The molecule has 47 heavy (non-hydrogen) atoms. The fourth-order valence-electron chi connectivity index (χ4n) is 8.70. The summed E-state index contributed by atoms with van der Waals surface area (Å²) in [6, 6.07) is 55.6. The normalized spacial score (nSPS) is 14.9. The van der Waals surface area contributed by atoms with Crippen LogP contribution in [-0.4, -0.2) is 5.11 Å². The van der Waals surface area contributed by atoms with E-state index in [0.717, 1.165) is 38.9 Å². The van der Waals surface area contributed by atoms with Crippen molar-refractivity contribution in [2.24, 2.45) is 0 Å². The van der Waals surface area contributed by atoms with Crippen LogP contribution in [0.3, 0.4) is 0 Å². The van der Waals surface area contributed by atoms with E-state index >= 15 is 0 Å². The third kappa shape index (κ3) is 3.42. The molecule has 0 fully saturated rings. The Kier molecular flexibility index (Phi) is 5.64. The maximum absolute atomic E-state index is 13.7. The second-order valence-electron chi connectivity index (χ2n) is 12.6. The van der Waals surface area contributed by atoms with Gasteiger partial charge in [-0.3, -0.25) is 0 Å². The van der Waals surface area contributed by atoms with Crippen molar-refractivity contribution in [3.05, 3.63) is 202 Å². The lowest BCUT2D eigenvalue weighted by Gasteiger charge is -2.47. The van der Waals surface area contributed by atoms with E-state index in [9.17, 15) is 5.11 Å². The van der Waals surface area contributed by atoms with E-state index in [-0.39, 0.29) is 0 Å². The van der Waals surface area contributed by atoms with Gasteiger partial charge < -0.3 is 5.11 Å². The van der Waals surface area contributed by atoms with E-state index in [1.165, 1.54) is 42.4 Å². The molecule has 1 N–H and O–H groups in total. The molecule has 0 saturated carbocycles. The van der Waals surface area contributed by atoms with Gasteiger partial charge in [-0.25, -0.2) is 0 Å². The fraction of sp³-hybridized carbons (Fsp3) is 0.0455. The summed E-state index contributed by atoms with van der Waals surface area (Å²) in [5.74, 6) is 0. The Morgan fingerprint density at radius 1 is 0.426 bits per heavy atom. The summed E-state index contributed by atoms with van der Waals surface area (Å²) < 4.78 is 2.45. The summed E-state index contributed by atoms with van der Waals surface area (Å²) in [4.78, 5) is 0. The quantitative estimate of drug-likeness (QED) is 0.200. The number of hydrogen-bond donors (Lipinski definition) is 1. The molecule has 0 aliphatic heterocycles. The topological polar surface area (TPSA) is 20.2 Å². The zero-order valence-corrected chi connectivity index (χ0v) is 26.8. The van der Waals surface area contributed by atoms with Crippen molar-refractivity contribution in [1.82, 2.24) is 0 Å². The van der Waals surface area contributed by atoms with Crippen molar-refractivity contribution in [2.75, 3.05) is 0 Å². The first-order chi connectivity index (χ1) is 23.1. The SMILES string of the molecule is OC1(c2ccc(Cl)cc2-c2cccc3sc4ccccc4c23)c2ccccc2C2(c3ccccc3-c3ccccc32)c2ccccc21. The molecule has 8 aromatic rings. The molecule has 1 nitrogen and oxygen atoms in total. The Balaban J connectivity index is 1.34. The second kappa shape index (κ2) is 9.76. The van der Waals surface area contributed by atoms with Gasteiger partial charge in [0.15, 0.2) is 0 Å². The number of hydrogen-bond acceptors (Lipinski definition) is 2. The molecule has 10 rings (SSSR count). The minimum Gasteiger partial charge on any atom is -0.376 e. The van der Waals surface area contributed by atoms with E-state index in [1.807, 2.05) is 18.2 Å². The van der Waals surface area contributed by atoms with E-state index < -0.39 is 11.0 Å². The summed E-state index contributed by atoms with van der Waals surface area (Å²) in [6.45, 7) is 0. The van der Waals surface area contributed by atoms with Crippen LogP contribution in [-0.2, 0) is 11.0 Å². The second-order valence-corrected chi connectivity index (χ2v) is 14.1. The molecule has 222 valence electrons. The van der Waals surface area contributed by atoms with E-state index in [1.54, 1.807) is 11.3 Å². The first kappa shape index (κ1) is 27.2. The van der Waals surface area contributed by atoms with Gasteiger partial charge in [0.25, 0.3) is 0 Å². The molecule has 0 unspecified atom stereocenters. The molecule has 7 aromatic carbocycles. The van der Waals surface area contributed by atoms with Crippen molar-refractivity contribution >= 4 is 43.1 Å². The molecular formula is C44H27ClOS. The Morgan fingerprint density at radius 3 is 1.60 bits per heavy atom. The Labute approximate surface area is 282 Å². The minimum atomic E-state index is -1.46. The summed E-state index contributed by atoms with van der Waals surface area (Å²) in [7, 11) is 0. The van der Waals surface area contributed by atoms with Gasteiger partial charge >= 0.3 is 0 Å². The average Bonchev–Trinajstić information content (AvgIpc) is 3.65. The molecule has 3 heteroatoms. The highest BCUT2D eigenvalue weighted by molar-refractivity contribution is 7.25. The monoisotopic (exact) mass is 638 g/mol. The number of thiophene rings is 1. The van der Waals surface area contributed by atoms with Crippen molar-refractivity contribution in [1.29, 1.82) is 0 Å². The zero-order chi connectivity index (χ0) is 31.3. The lowest BCUT2D eigenvalue weighted by Crippen LogP contribution is -2.44.